The van der Waals surface area contributed by atoms with E-state index in [-0.39, 0.29) is 24.9 Å². The van der Waals surface area contributed by atoms with E-state index in [1.807, 2.05) is 37.3 Å². The van der Waals surface area contributed by atoms with Crippen molar-refractivity contribution in [3.63, 3.8) is 0 Å². The van der Waals surface area contributed by atoms with Gasteiger partial charge < -0.3 is 10.1 Å². The van der Waals surface area contributed by atoms with Crippen molar-refractivity contribution in [1.29, 1.82) is 0 Å². The van der Waals surface area contributed by atoms with Crippen LogP contribution in [0.3, 0.4) is 0 Å². The number of amides is 1. The molecular weight excluding hydrogens is 478 g/mol. The van der Waals surface area contributed by atoms with Gasteiger partial charge in [-0.15, -0.1) is 0 Å². The van der Waals surface area contributed by atoms with E-state index in [1.54, 1.807) is 30.8 Å². The van der Waals surface area contributed by atoms with Crippen molar-refractivity contribution in [3.05, 3.63) is 70.9 Å². The highest BCUT2D eigenvalue weighted by Gasteiger charge is 2.33. The van der Waals surface area contributed by atoms with Gasteiger partial charge in [-0.25, -0.2) is 17.9 Å². The fourth-order valence-corrected chi connectivity index (χ4v) is 5.54. The highest BCUT2D eigenvalue weighted by molar-refractivity contribution is 7.90. The van der Waals surface area contributed by atoms with Crippen LogP contribution in [-0.4, -0.2) is 50.0 Å². The number of benzene rings is 2. The number of nitrogens with zero attached hydrogens (tertiary/aromatic N) is 2. The molecule has 0 radical (unpaired) electrons. The summed E-state index contributed by atoms with van der Waals surface area (Å²) in [7, 11) is -1.95. The maximum atomic E-state index is 13.0. The first-order valence-corrected chi connectivity index (χ1v) is 14.0. The summed E-state index contributed by atoms with van der Waals surface area (Å²) >= 11 is 0. The highest BCUT2D eigenvalue weighted by atomic mass is 32.2. The van der Waals surface area contributed by atoms with E-state index in [2.05, 4.69) is 5.32 Å². The van der Waals surface area contributed by atoms with Crippen molar-refractivity contribution >= 4 is 32.6 Å². The second-order valence-electron chi connectivity index (χ2n) is 9.16. The zero-order valence-corrected chi connectivity index (χ0v) is 21.8. The second-order valence-corrected chi connectivity index (χ2v) is 11.4. The molecule has 1 amide bonds. The van der Waals surface area contributed by atoms with Gasteiger partial charge in [0.25, 0.3) is 5.91 Å². The Labute approximate surface area is 211 Å². The summed E-state index contributed by atoms with van der Waals surface area (Å²) in [4.78, 5) is 24.7. The average molecular weight is 510 g/mol. The normalized spacial score (nSPS) is 14.8. The minimum atomic E-state index is -3.52. The summed E-state index contributed by atoms with van der Waals surface area (Å²) < 4.78 is 32.3. The Kier molecular flexibility index (Phi) is 7.31. The molecule has 1 heterocycles. The van der Waals surface area contributed by atoms with Gasteiger partial charge in [0.05, 0.1) is 23.1 Å². The standard InChI is InChI=1S/C27H31N3O5S/c1-5-35-25(31)8-6-7-24(36(4,33)34)21-16-23-22(15-20(21)18-11-12-18)26(27(32)28-3)30(29-23)19-13-9-17(2)10-14-19/h6,8-10,13-16,18,24H,5,7,11-12H2,1-4H3,(H,28,32)/b8-6+/t24-/m1/s1. The van der Waals surface area contributed by atoms with Gasteiger partial charge >= 0.3 is 5.97 Å². The molecule has 1 aliphatic carbocycles. The van der Waals surface area contributed by atoms with E-state index < -0.39 is 21.1 Å². The summed E-state index contributed by atoms with van der Waals surface area (Å²) in [5, 5.41) is 7.26. The maximum absolute atomic E-state index is 13.0. The lowest BCUT2D eigenvalue weighted by atomic mass is 9.96. The average Bonchev–Trinajstić information content (AvgIpc) is 3.61. The molecule has 0 bridgehead atoms. The zero-order chi connectivity index (χ0) is 26.0. The van der Waals surface area contributed by atoms with Gasteiger partial charge in [-0.1, -0.05) is 23.8 Å². The van der Waals surface area contributed by atoms with Gasteiger partial charge in [0.1, 0.15) is 5.69 Å². The van der Waals surface area contributed by atoms with Crippen molar-refractivity contribution in [2.45, 2.75) is 44.3 Å². The van der Waals surface area contributed by atoms with Crippen molar-refractivity contribution in [1.82, 2.24) is 15.1 Å². The van der Waals surface area contributed by atoms with Crippen LogP contribution >= 0.6 is 0 Å². The summed E-state index contributed by atoms with van der Waals surface area (Å²) in [5.74, 6) is -0.553. The minimum Gasteiger partial charge on any atom is -0.463 e. The highest BCUT2D eigenvalue weighted by Crippen LogP contribution is 2.46. The predicted molar refractivity (Wildman–Crippen MR) is 139 cm³/mol. The largest absolute Gasteiger partial charge is 0.463 e. The number of hydrogen-bond acceptors (Lipinski definition) is 6. The molecule has 1 N–H and O–H groups in total. The molecule has 4 rings (SSSR count). The number of carbonyl (C=O) groups is 2. The van der Waals surface area contributed by atoms with Crippen LogP contribution < -0.4 is 5.32 Å². The fraction of sp³-hybridized carbons (Fsp3) is 0.370. The van der Waals surface area contributed by atoms with E-state index >= 15 is 0 Å². The summed E-state index contributed by atoms with van der Waals surface area (Å²) in [6.07, 6.45) is 6.06. The number of aryl methyl sites for hydroxylation is 1. The third kappa shape index (κ3) is 5.36. The number of allylic oxidation sites excluding steroid dienone is 1. The minimum absolute atomic E-state index is 0.129. The number of rotatable bonds is 9. The fourth-order valence-electron chi connectivity index (χ4n) is 4.41. The lowest BCUT2D eigenvalue weighted by Crippen LogP contribution is -2.22. The summed E-state index contributed by atoms with van der Waals surface area (Å²) in [6.45, 7) is 3.95. The molecular formula is C27H31N3O5S. The van der Waals surface area contributed by atoms with Crippen molar-refractivity contribution < 1.29 is 22.7 Å². The Morgan fingerprint density at radius 2 is 1.92 bits per heavy atom. The van der Waals surface area contributed by atoms with Crippen LogP contribution in [0.25, 0.3) is 16.6 Å². The zero-order valence-electron chi connectivity index (χ0n) is 20.9. The molecule has 1 atom stereocenters. The molecule has 1 aliphatic rings. The molecule has 8 nitrogen and oxygen atoms in total. The number of esters is 1. The first kappa shape index (κ1) is 25.6. The molecule has 3 aromatic rings. The quantitative estimate of drug-likeness (QED) is 0.343. The molecule has 1 aromatic heterocycles. The predicted octanol–water partition coefficient (Wildman–Crippen LogP) is 4.17. The van der Waals surface area contributed by atoms with E-state index in [9.17, 15) is 18.0 Å². The van der Waals surface area contributed by atoms with Crippen LogP contribution in [-0.2, 0) is 19.4 Å². The van der Waals surface area contributed by atoms with E-state index in [0.29, 0.717) is 22.2 Å². The Morgan fingerprint density at radius 1 is 1.22 bits per heavy atom. The Balaban J connectivity index is 1.89. The topological polar surface area (TPSA) is 107 Å². The van der Waals surface area contributed by atoms with Crippen molar-refractivity contribution in [3.8, 4) is 5.69 Å². The second kappa shape index (κ2) is 10.3. The molecule has 1 fully saturated rings. The van der Waals surface area contributed by atoms with Gasteiger partial charge in [0, 0.05) is 24.8 Å². The van der Waals surface area contributed by atoms with Crippen molar-refractivity contribution in [2.75, 3.05) is 19.9 Å². The third-order valence-corrected chi connectivity index (χ3v) is 7.85. The monoisotopic (exact) mass is 509 g/mol. The van der Waals surface area contributed by atoms with Crippen LogP contribution in [0.2, 0.25) is 0 Å². The number of fused-ring (bicyclic) bond motifs is 1. The van der Waals surface area contributed by atoms with Crippen molar-refractivity contribution in [2.24, 2.45) is 0 Å². The maximum Gasteiger partial charge on any atom is 0.330 e. The smallest absolute Gasteiger partial charge is 0.330 e. The van der Waals surface area contributed by atoms with E-state index in [4.69, 9.17) is 9.84 Å². The van der Waals surface area contributed by atoms with Crippen LogP contribution in [0.4, 0.5) is 0 Å². The molecule has 36 heavy (non-hydrogen) atoms. The Hall–Kier alpha value is -3.46. The van der Waals surface area contributed by atoms with Gasteiger partial charge in [-0.3, -0.25) is 4.79 Å². The van der Waals surface area contributed by atoms with Crippen LogP contribution in [0.1, 0.15) is 64.5 Å². The molecule has 0 spiro atoms. The molecule has 1 saturated carbocycles. The first-order valence-electron chi connectivity index (χ1n) is 12.0. The van der Waals surface area contributed by atoms with Gasteiger partial charge in [-0.05, 0) is 74.4 Å². The molecule has 0 aliphatic heterocycles. The number of hydrogen-bond donors (Lipinski definition) is 1. The van der Waals surface area contributed by atoms with Crippen LogP contribution in [0, 0.1) is 6.92 Å². The molecule has 0 unspecified atom stereocenters. The van der Waals surface area contributed by atoms with Gasteiger partial charge in [0.15, 0.2) is 9.84 Å². The van der Waals surface area contributed by atoms with Crippen LogP contribution in [0.15, 0.2) is 48.6 Å². The summed E-state index contributed by atoms with van der Waals surface area (Å²) in [6, 6.07) is 11.4. The van der Waals surface area contributed by atoms with E-state index in [1.165, 1.54) is 12.3 Å². The Morgan fingerprint density at radius 3 is 2.50 bits per heavy atom. The number of carbonyl (C=O) groups excluding carboxylic acids is 2. The SMILES string of the molecule is CCOC(=O)/C=C/C[C@H](c1cc2nn(-c3ccc(C)cc3)c(C(=O)NC)c2cc1C1CC1)S(C)(=O)=O. The van der Waals surface area contributed by atoms with E-state index in [0.717, 1.165) is 29.7 Å². The number of nitrogens with one attached hydrogen (secondary N) is 1. The Bertz CT molecular complexity index is 1430. The van der Waals surface area contributed by atoms with Crippen LogP contribution in [0.5, 0.6) is 0 Å². The number of ether oxygens (including phenoxy) is 1. The lowest BCUT2D eigenvalue weighted by molar-refractivity contribution is -0.137. The van der Waals surface area contributed by atoms with Gasteiger partial charge in [0.2, 0.25) is 0 Å². The molecule has 9 heteroatoms. The molecule has 0 saturated heterocycles. The number of aromatic nitrogens is 2. The summed E-state index contributed by atoms with van der Waals surface area (Å²) in [5.41, 5.74) is 4.35. The number of sulfone groups is 1. The molecule has 2 aromatic carbocycles. The lowest BCUT2D eigenvalue weighted by Gasteiger charge is -2.18. The van der Waals surface area contributed by atoms with Gasteiger partial charge in [-0.2, -0.15) is 5.10 Å². The third-order valence-electron chi connectivity index (χ3n) is 6.37. The first-order chi connectivity index (χ1) is 17.1. The molecule has 190 valence electrons.